The Balaban J connectivity index is 2.24. The van der Waals surface area contributed by atoms with E-state index in [4.69, 9.17) is 0 Å². The second kappa shape index (κ2) is 5.86. The Morgan fingerprint density at radius 3 is 2.92 bits per heavy atom. The molecule has 13 heavy (non-hydrogen) atoms. The van der Waals surface area contributed by atoms with E-state index < -0.39 is 0 Å². The summed E-state index contributed by atoms with van der Waals surface area (Å²) in [5.41, 5.74) is 0. The van der Waals surface area contributed by atoms with Crippen LogP contribution in [0.3, 0.4) is 0 Å². The number of aryl methyl sites for hydroxylation is 1. The van der Waals surface area contributed by atoms with E-state index in [0.717, 1.165) is 22.6 Å². The van der Waals surface area contributed by atoms with E-state index in [2.05, 4.69) is 11.9 Å². The summed E-state index contributed by atoms with van der Waals surface area (Å²) in [5.74, 6) is 0. The Labute approximate surface area is 83.0 Å². The smallest absolute Gasteiger partial charge is 0.161 e. The van der Waals surface area contributed by atoms with Gasteiger partial charge in [-0.1, -0.05) is 26.2 Å². The van der Waals surface area contributed by atoms with E-state index >= 15 is 0 Å². The van der Waals surface area contributed by atoms with E-state index in [1.165, 1.54) is 37.0 Å². The molecule has 3 heteroatoms. The maximum Gasteiger partial charge on any atom is 0.161 e. The minimum atomic E-state index is 0.741. The van der Waals surface area contributed by atoms with Gasteiger partial charge in [-0.2, -0.15) is 0 Å². The molecular weight excluding hydrogens is 182 g/mol. The normalized spacial score (nSPS) is 10.2. The molecule has 1 aromatic rings. The Bertz CT molecular complexity index is 257. The highest BCUT2D eigenvalue weighted by atomic mass is 32.1. The molecule has 0 fully saturated rings. The maximum absolute atomic E-state index is 10.4. The average Bonchev–Trinajstić information content (AvgIpc) is 2.60. The van der Waals surface area contributed by atoms with E-state index in [1.54, 1.807) is 6.20 Å². The van der Waals surface area contributed by atoms with E-state index in [0.29, 0.717) is 0 Å². The monoisotopic (exact) mass is 197 g/mol. The van der Waals surface area contributed by atoms with Gasteiger partial charge in [-0.05, 0) is 12.8 Å². The van der Waals surface area contributed by atoms with Crippen LogP contribution >= 0.6 is 11.3 Å². The molecule has 0 saturated heterocycles. The zero-order valence-electron chi connectivity index (χ0n) is 7.95. The van der Waals surface area contributed by atoms with Crippen LogP contribution in [0.15, 0.2) is 6.20 Å². The largest absolute Gasteiger partial charge is 0.297 e. The molecule has 0 atom stereocenters. The first-order chi connectivity index (χ1) is 6.36. The molecule has 0 N–H and O–H groups in total. The summed E-state index contributed by atoms with van der Waals surface area (Å²) in [5, 5.41) is 1.10. The standard InChI is InChI=1S/C10H15NOS/c1-2-3-4-5-6-10-11-7-9(8-12)13-10/h7-8H,2-6H2,1H3. The van der Waals surface area contributed by atoms with Gasteiger partial charge in [0.1, 0.15) is 0 Å². The second-order valence-electron chi connectivity index (χ2n) is 3.08. The van der Waals surface area contributed by atoms with Gasteiger partial charge >= 0.3 is 0 Å². The van der Waals surface area contributed by atoms with E-state index in [9.17, 15) is 4.79 Å². The number of aldehydes is 1. The van der Waals surface area contributed by atoms with Crippen LogP contribution in [-0.4, -0.2) is 11.3 Å². The minimum absolute atomic E-state index is 0.741. The minimum Gasteiger partial charge on any atom is -0.297 e. The van der Waals surface area contributed by atoms with Crippen LogP contribution in [0.5, 0.6) is 0 Å². The van der Waals surface area contributed by atoms with Crippen molar-refractivity contribution < 1.29 is 4.79 Å². The van der Waals surface area contributed by atoms with Gasteiger partial charge in [0, 0.05) is 6.20 Å². The summed E-state index contributed by atoms with van der Waals surface area (Å²) in [6.45, 7) is 2.20. The van der Waals surface area contributed by atoms with Crippen LogP contribution in [0.1, 0.15) is 47.3 Å². The van der Waals surface area contributed by atoms with Gasteiger partial charge in [-0.3, -0.25) is 4.79 Å². The molecule has 1 aromatic heterocycles. The molecule has 0 aliphatic rings. The number of hydrogen-bond donors (Lipinski definition) is 0. The topological polar surface area (TPSA) is 30.0 Å². The van der Waals surface area contributed by atoms with Crippen LogP contribution < -0.4 is 0 Å². The van der Waals surface area contributed by atoms with E-state index in [1.807, 2.05) is 0 Å². The van der Waals surface area contributed by atoms with Crippen LogP contribution in [0.25, 0.3) is 0 Å². The third kappa shape index (κ3) is 3.68. The molecule has 1 heterocycles. The molecule has 0 amide bonds. The van der Waals surface area contributed by atoms with Gasteiger partial charge in [0.25, 0.3) is 0 Å². The molecule has 0 bridgehead atoms. The predicted octanol–water partition coefficient (Wildman–Crippen LogP) is 3.08. The van der Waals surface area contributed by atoms with Gasteiger partial charge in [0.2, 0.25) is 0 Å². The fourth-order valence-electron chi connectivity index (χ4n) is 1.20. The van der Waals surface area contributed by atoms with E-state index in [-0.39, 0.29) is 0 Å². The van der Waals surface area contributed by atoms with Gasteiger partial charge in [-0.25, -0.2) is 4.98 Å². The molecule has 0 radical (unpaired) electrons. The lowest BCUT2D eigenvalue weighted by Crippen LogP contribution is -1.83. The SMILES string of the molecule is CCCCCCc1ncc(C=O)s1. The molecule has 72 valence electrons. The highest BCUT2D eigenvalue weighted by Crippen LogP contribution is 2.14. The highest BCUT2D eigenvalue weighted by Gasteiger charge is 1.99. The Hall–Kier alpha value is -0.700. The van der Waals surface area contributed by atoms with Crippen molar-refractivity contribution in [3.63, 3.8) is 0 Å². The summed E-state index contributed by atoms with van der Waals surface area (Å²) < 4.78 is 0. The zero-order chi connectivity index (χ0) is 9.52. The van der Waals surface area contributed by atoms with Crippen LogP contribution in [0.4, 0.5) is 0 Å². The summed E-state index contributed by atoms with van der Waals surface area (Å²) in [7, 11) is 0. The maximum atomic E-state index is 10.4. The summed E-state index contributed by atoms with van der Waals surface area (Å²) >= 11 is 1.51. The first kappa shape index (κ1) is 10.4. The van der Waals surface area contributed by atoms with Crippen molar-refractivity contribution in [1.82, 2.24) is 4.98 Å². The Kier molecular flexibility index (Phi) is 4.68. The number of unbranched alkanes of at least 4 members (excludes halogenated alkanes) is 3. The summed E-state index contributed by atoms with van der Waals surface area (Å²) in [6.07, 6.45) is 8.58. The fraction of sp³-hybridized carbons (Fsp3) is 0.600. The number of carbonyl (C=O) groups excluding carboxylic acids is 1. The lowest BCUT2D eigenvalue weighted by Gasteiger charge is -1.95. The van der Waals surface area contributed by atoms with Crippen molar-refractivity contribution in [1.29, 1.82) is 0 Å². The van der Waals surface area contributed by atoms with Crippen molar-refractivity contribution in [2.45, 2.75) is 39.0 Å². The fourth-order valence-corrected chi connectivity index (χ4v) is 1.97. The Morgan fingerprint density at radius 2 is 2.31 bits per heavy atom. The van der Waals surface area contributed by atoms with Gasteiger partial charge in [-0.15, -0.1) is 11.3 Å². The average molecular weight is 197 g/mol. The van der Waals surface area contributed by atoms with Gasteiger partial charge in [0.15, 0.2) is 6.29 Å². The van der Waals surface area contributed by atoms with Crippen LogP contribution in [0, 0.1) is 0 Å². The third-order valence-corrected chi connectivity index (χ3v) is 2.91. The quantitative estimate of drug-likeness (QED) is 0.518. The molecule has 0 aromatic carbocycles. The van der Waals surface area contributed by atoms with Gasteiger partial charge in [0.05, 0.1) is 9.88 Å². The lowest BCUT2D eigenvalue weighted by atomic mass is 10.2. The summed E-state index contributed by atoms with van der Waals surface area (Å²) in [4.78, 5) is 15.3. The molecule has 0 unspecified atom stereocenters. The number of aromatic nitrogens is 1. The zero-order valence-corrected chi connectivity index (χ0v) is 8.77. The second-order valence-corrected chi connectivity index (χ2v) is 4.23. The molecular formula is C10H15NOS. The molecule has 2 nitrogen and oxygen atoms in total. The highest BCUT2D eigenvalue weighted by molar-refractivity contribution is 7.13. The third-order valence-electron chi connectivity index (χ3n) is 1.93. The first-order valence-corrected chi connectivity index (χ1v) is 5.58. The Morgan fingerprint density at radius 1 is 1.46 bits per heavy atom. The molecule has 0 aliphatic carbocycles. The van der Waals surface area contributed by atoms with Crippen molar-refractivity contribution in [3.05, 3.63) is 16.1 Å². The number of hydrogen-bond acceptors (Lipinski definition) is 3. The van der Waals surface area contributed by atoms with Crippen molar-refractivity contribution in [2.75, 3.05) is 0 Å². The number of thiazole rings is 1. The van der Waals surface area contributed by atoms with Gasteiger partial charge < -0.3 is 0 Å². The number of nitrogens with zero attached hydrogens (tertiary/aromatic N) is 1. The van der Waals surface area contributed by atoms with Crippen LogP contribution in [-0.2, 0) is 6.42 Å². The van der Waals surface area contributed by atoms with Crippen molar-refractivity contribution in [3.8, 4) is 0 Å². The van der Waals surface area contributed by atoms with Crippen molar-refractivity contribution >= 4 is 17.6 Å². The number of rotatable bonds is 6. The predicted molar refractivity (Wildman–Crippen MR) is 55.3 cm³/mol. The molecule has 0 aliphatic heterocycles. The molecule has 0 saturated carbocycles. The molecule has 1 rings (SSSR count). The first-order valence-electron chi connectivity index (χ1n) is 4.76. The number of carbonyl (C=O) groups is 1. The molecule has 0 spiro atoms. The lowest BCUT2D eigenvalue weighted by molar-refractivity contribution is 0.112. The summed E-state index contributed by atoms with van der Waals surface area (Å²) in [6, 6.07) is 0. The van der Waals surface area contributed by atoms with Crippen LogP contribution in [0.2, 0.25) is 0 Å². The van der Waals surface area contributed by atoms with Crippen molar-refractivity contribution in [2.24, 2.45) is 0 Å².